The van der Waals surface area contributed by atoms with E-state index in [1.165, 1.54) is 7.11 Å². The van der Waals surface area contributed by atoms with Gasteiger partial charge in [0.2, 0.25) is 5.88 Å². The zero-order chi connectivity index (χ0) is 19.3. The number of aromatic nitrogens is 2. The van der Waals surface area contributed by atoms with Crippen molar-refractivity contribution in [2.24, 2.45) is 0 Å². The Morgan fingerprint density at radius 2 is 2.04 bits per heavy atom. The van der Waals surface area contributed by atoms with Crippen LogP contribution in [0.15, 0.2) is 22.9 Å². The van der Waals surface area contributed by atoms with Gasteiger partial charge in [0.15, 0.2) is 0 Å². The number of pyridine rings is 2. The van der Waals surface area contributed by atoms with E-state index in [4.69, 9.17) is 14.7 Å². The lowest BCUT2D eigenvalue weighted by atomic mass is 9.97. The van der Waals surface area contributed by atoms with Crippen molar-refractivity contribution in [2.75, 3.05) is 14.2 Å². The number of rotatable bonds is 7. The van der Waals surface area contributed by atoms with Gasteiger partial charge in [-0.15, -0.1) is 0 Å². The van der Waals surface area contributed by atoms with Crippen LogP contribution >= 0.6 is 15.9 Å². The maximum absolute atomic E-state index is 12.6. The van der Waals surface area contributed by atoms with E-state index in [0.717, 1.165) is 21.3 Å². The first-order chi connectivity index (χ1) is 12.4. The molecule has 0 aliphatic carbocycles. The lowest BCUT2D eigenvalue weighted by Gasteiger charge is -2.18. The topological polar surface area (TPSA) is 85.1 Å². The van der Waals surface area contributed by atoms with E-state index >= 15 is 0 Å². The van der Waals surface area contributed by atoms with Gasteiger partial charge in [-0.2, -0.15) is 5.26 Å². The summed E-state index contributed by atoms with van der Waals surface area (Å²) in [5.41, 5.74) is 3.58. The molecule has 1 atom stereocenters. The highest BCUT2D eigenvalue weighted by Crippen LogP contribution is 2.31. The summed E-state index contributed by atoms with van der Waals surface area (Å²) >= 11 is 3.55. The van der Waals surface area contributed by atoms with Gasteiger partial charge in [-0.05, 0) is 47.0 Å². The van der Waals surface area contributed by atoms with Gasteiger partial charge in [-0.3, -0.25) is 9.78 Å². The third kappa shape index (κ3) is 4.45. The van der Waals surface area contributed by atoms with Crippen molar-refractivity contribution in [1.82, 2.24) is 9.97 Å². The second kappa shape index (κ2) is 8.88. The standard InChI is InChI=1S/C19H20BrN3O3/c1-11-18(20)17(12(2)25-3)15(10-22-11)7-16(24)6-13-5-14(8-21)19(26-4)23-9-13/h5,9-10,12H,6-7H2,1-4H3. The lowest BCUT2D eigenvalue weighted by Crippen LogP contribution is -2.12. The van der Waals surface area contributed by atoms with Crippen LogP contribution in [-0.4, -0.2) is 30.0 Å². The third-order valence-corrected chi connectivity index (χ3v) is 5.09. The predicted molar refractivity (Wildman–Crippen MR) is 100 cm³/mol. The number of carbonyl (C=O) groups excluding carboxylic acids is 1. The van der Waals surface area contributed by atoms with Gasteiger partial charge < -0.3 is 9.47 Å². The fourth-order valence-corrected chi connectivity index (χ4v) is 3.35. The van der Waals surface area contributed by atoms with Gasteiger partial charge in [-0.1, -0.05) is 0 Å². The average molecular weight is 418 g/mol. The number of carbonyl (C=O) groups is 1. The van der Waals surface area contributed by atoms with Crippen LogP contribution in [0.25, 0.3) is 0 Å². The summed E-state index contributed by atoms with van der Waals surface area (Å²) in [5.74, 6) is 0.259. The Balaban J connectivity index is 2.23. The molecular weight excluding hydrogens is 398 g/mol. The van der Waals surface area contributed by atoms with Crippen LogP contribution in [0.5, 0.6) is 5.88 Å². The first kappa shape index (κ1) is 20.0. The van der Waals surface area contributed by atoms with E-state index in [1.54, 1.807) is 25.6 Å². The molecule has 7 heteroatoms. The Hall–Kier alpha value is -2.30. The van der Waals surface area contributed by atoms with Crippen LogP contribution in [0, 0.1) is 18.3 Å². The Morgan fingerprint density at radius 3 is 2.65 bits per heavy atom. The van der Waals surface area contributed by atoms with E-state index in [1.807, 2.05) is 19.9 Å². The molecule has 0 saturated heterocycles. The maximum Gasteiger partial charge on any atom is 0.231 e. The molecule has 0 saturated carbocycles. The normalized spacial score (nSPS) is 11.7. The number of halogens is 1. The number of hydrogen-bond acceptors (Lipinski definition) is 6. The largest absolute Gasteiger partial charge is 0.480 e. The first-order valence-electron chi connectivity index (χ1n) is 8.02. The second-order valence-corrected chi connectivity index (χ2v) is 6.67. The minimum absolute atomic E-state index is 0.00274. The molecule has 2 rings (SSSR count). The highest BCUT2D eigenvalue weighted by atomic mass is 79.9. The third-order valence-electron chi connectivity index (χ3n) is 4.08. The molecule has 2 aromatic heterocycles. The van der Waals surface area contributed by atoms with E-state index in [0.29, 0.717) is 11.1 Å². The molecule has 2 aromatic rings. The zero-order valence-corrected chi connectivity index (χ0v) is 16.8. The fourth-order valence-electron chi connectivity index (χ4n) is 2.67. The SMILES string of the molecule is COc1ncc(CC(=O)Cc2cnc(C)c(Br)c2C(C)OC)cc1C#N. The molecule has 0 aromatic carbocycles. The summed E-state index contributed by atoms with van der Waals surface area (Å²) in [6.45, 7) is 3.83. The van der Waals surface area contributed by atoms with Crippen molar-refractivity contribution in [3.05, 3.63) is 50.9 Å². The number of Topliss-reactive ketones (excluding diaryl/α,β-unsaturated/α-hetero) is 1. The van der Waals surface area contributed by atoms with Gasteiger partial charge in [0.1, 0.15) is 17.4 Å². The minimum Gasteiger partial charge on any atom is -0.480 e. The Morgan fingerprint density at radius 1 is 1.31 bits per heavy atom. The van der Waals surface area contributed by atoms with Crippen LogP contribution < -0.4 is 4.74 Å². The molecule has 0 aliphatic rings. The summed E-state index contributed by atoms with van der Waals surface area (Å²) in [6.07, 6.45) is 3.51. The molecule has 0 fully saturated rings. The van der Waals surface area contributed by atoms with Crippen molar-refractivity contribution in [3.63, 3.8) is 0 Å². The van der Waals surface area contributed by atoms with Crippen molar-refractivity contribution in [1.29, 1.82) is 5.26 Å². The molecule has 0 aliphatic heterocycles. The Bertz CT molecular complexity index is 862. The number of nitrogens with zero attached hydrogens (tertiary/aromatic N) is 3. The van der Waals surface area contributed by atoms with Gasteiger partial charge in [0.25, 0.3) is 0 Å². The summed E-state index contributed by atoms with van der Waals surface area (Å²) in [6, 6.07) is 3.65. The van der Waals surface area contributed by atoms with Gasteiger partial charge in [0, 0.05) is 42.4 Å². The molecule has 0 spiro atoms. The number of aryl methyl sites for hydroxylation is 1. The van der Waals surface area contributed by atoms with Crippen molar-refractivity contribution >= 4 is 21.7 Å². The molecular formula is C19H20BrN3O3. The molecule has 26 heavy (non-hydrogen) atoms. The van der Waals surface area contributed by atoms with Crippen LogP contribution in [0.2, 0.25) is 0 Å². The van der Waals surface area contributed by atoms with Crippen LogP contribution in [0.3, 0.4) is 0 Å². The smallest absolute Gasteiger partial charge is 0.231 e. The number of nitriles is 1. The number of methoxy groups -OCH3 is 2. The van der Waals surface area contributed by atoms with Gasteiger partial charge in [-0.25, -0.2) is 4.98 Å². The number of hydrogen-bond donors (Lipinski definition) is 0. The molecule has 136 valence electrons. The van der Waals surface area contributed by atoms with Crippen LogP contribution in [0.4, 0.5) is 0 Å². The zero-order valence-electron chi connectivity index (χ0n) is 15.2. The van der Waals surface area contributed by atoms with Crippen molar-refractivity contribution < 1.29 is 14.3 Å². The monoisotopic (exact) mass is 417 g/mol. The summed E-state index contributed by atoms with van der Waals surface area (Å²) < 4.78 is 11.3. The highest BCUT2D eigenvalue weighted by Gasteiger charge is 2.19. The molecule has 0 N–H and O–H groups in total. The van der Waals surface area contributed by atoms with E-state index in [-0.39, 0.29) is 30.6 Å². The Kier molecular flexibility index (Phi) is 6.83. The van der Waals surface area contributed by atoms with E-state index in [9.17, 15) is 4.79 Å². The first-order valence-corrected chi connectivity index (χ1v) is 8.81. The lowest BCUT2D eigenvalue weighted by molar-refractivity contribution is -0.117. The number of ether oxygens (including phenoxy) is 2. The van der Waals surface area contributed by atoms with Crippen molar-refractivity contribution in [2.45, 2.75) is 32.8 Å². The average Bonchev–Trinajstić information content (AvgIpc) is 2.64. The molecule has 0 radical (unpaired) electrons. The van der Waals surface area contributed by atoms with E-state index < -0.39 is 0 Å². The summed E-state index contributed by atoms with van der Waals surface area (Å²) in [4.78, 5) is 21.0. The van der Waals surface area contributed by atoms with Gasteiger partial charge in [0.05, 0.1) is 18.9 Å². The second-order valence-electron chi connectivity index (χ2n) is 5.88. The quantitative estimate of drug-likeness (QED) is 0.685. The van der Waals surface area contributed by atoms with Crippen LogP contribution in [0.1, 0.15) is 41.0 Å². The molecule has 0 bridgehead atoms. The maximum atomic E-state index is 12.6. The molecule has 1 unspecified atom stereocenters. The van der Waals surface area contributed by atoms with Gasteiger partial charge >= 0.3 is 0 Å². The van der Waals surface area contributed by atoms with Crippen molar-refractivity contribution in [3.8, 4) is 11.9 Å². The summed E-state index contributed by atoms with van der Waals surface area (Å²) in [7, 11) is 3.08. The molecule has 2 heterocycles. The highest BCUT2D eigenvalue weighted by molar-refractivity contribution is 9.10. The summed E-state index contributed by atoms with van der Waals surface area (Å²) in [5, 5.41) is 9.14. The molecule has 0 amide bonds. The number of ketones is 1. The fraction of sp³-hybridized carbons (Fsp3) is 0.368. The van der Waals surface area contributed by atoms with Crippen LogP contribution in [-0.2, 0) is 22.4 Å². The Labute approximate surface area is 161 Å². The minimum atomic E-state index is -0.165. The van der Waals surface area contributed by atoms with E-state index in [2.05, 4.69) is 25.9 Å². The predicted octanol–water partition coefficient (Wildman–Crippen LogP) is 3.49. The molecule has 6 nitrogen and oxygen atoms in total.